The van der Waals surface area contributed by atoms with E-state index in [1.807, 2.05) is 25.1 Å². The predicted octanol–water partition coefficient (Wildman–Crippen LogP) is 1.58. The highest BCUT2D eigenvalue weighted by atomic mass is 16.7. The highest BCUT2D eigenvalue weighted by molar-refractivity contribution is 6.14. The fourth-order valence-corrected chi connectivity index (χ4v) is 7.44. The molecule has 3 heterocycles. The summed E-state index contributed by atoms with van der Waals surface area (Å²) in [5.74, 6) is -1.26. The first-order valence-electron chi connectivity index (χ1n) is 27.8. The first-order valence-corrected chi connectivity index (χ1v) is 27.8. The molecule has 2 aromatic rings. The molecule has 1 aliphatic carbocycles. The first kappa shape index (κ1) is 66.4. The lowest BCUT2D eigenvalue weighted by atomic mass is 9.96. The summed E-state index contributed by atoms with van der Waals surface area (Å²) in [7, 11) is 0. The zero-order valence-corrected chi connectivity index (χ0v) is 47.0. The molecular formula is C55H81N9O18. The molecule has 6 amide bonds. The van der Waals surface area contributed by atoms with Crippen LogP contribution in [0.4, 0.5) is 10.5 Å². The SMILES string of the molecule is CCCN(OCCNC(=O)OC1CCC1)C(=O)C1=Cc2ccc(-c3cnc(CNC(=O)CCOCCOCCOCCOCCOCCOCCOCCOCCOCCOCCNC(=O)CN4C(=O)C=CC4=O)nc3)cc2N=C(N)C1. The summed E-state index contributed by atoms with van der Waals surface area (Å²) in [4.78, 5) is 92.9. The monoisotopic (exact) mass is 1160 g/mol. The van der Waals surface area contributed by atoms with Crippen molar-refractivity contribution in [2.24, 2.45) is 10.7 Å². The molecule has 0 atom stereocenters. The number of rotatable bonds is 46. The zero-order chi connectivity index (χ0) is 58.2. The van der Waals surface area contributed by atoms with Crippen LogP contribution in [0.2, 0.25) is 0 Å². The lowest BCUT2D eigenvalue weighted by Gasteiger charge is -2.25. The topological polar surface area (TPSA) is 320 Å². The molecule has 5 rings (SSSR count). The van der Waals surface area contributed by atoms with E-state index in [4.69, 9.17) is 62.7 Å². The fourth-order valence-electron chi connectivity index (χ4n) is 7.44. The summed E-state index contributed by atoms with van der Waals surface area (Å²) in [6, 6.07) is 5.60. The summed E-state index contributed by atoms with van der Waals surface area (Å²) in [6.45, 7) is 10.5. The van der Waals surface area contributed by atoms with Gasteiger partial charge in [0.15, 0.2) is 0 Å². The van der Waals surface area contributed by atoms with Gasteiger partial charge in [-0.3, -0.25) is 33.7 Å². The fraction of sp³-hybridized carbons (Fsp3) is 0.618. The Hall–Kier alpha value is -6.37. The largest absolute Gasteiger partial charge is 0.446 e. The molecule has 1 fully saturated rings. The van der Waals surface area contributed by atoms with Gasteiger partial charge >= 0.3 is 6.09 Å². The number of hydrogen-bond acceptors (Lipinski definition) is 22. The van der Waals surface area contributed by atoms with E-state index in [0.29, 0.717) is 155 Å². The van der Waals surface area contributed by atoms with Crippen molar-refractivity contribution in [2.75, 3.05) is 165 Å². The summed E-state index contributed by atoms with van der Waals surface area (Å²) >= 11 is 0. The summed E-state index contributed by atoms with van der Waals surface area (Å²) in [5.41, 5.74) is 9.54. The van der Waals surface area contributed by atoms with Crippen LogP contribution in [0.3, 0.4) is 0 Å². The third-order valence-electron chi connectivity index (χ3n) is 11.9. The Morgan fingerprint density at radius 3 is 1.66 bits per heavy atom. The zero-order valence-electron chi connectivity index (χ0n) is 47.0. The molecular weight excluding hydrogens is 1070 g/mol. The number of benzene rings is 1. The van der Waals surface area contributed by atoms with Crippen LogP contribution in [-0.4, -0.2) is 232 Å². The Morgan fingerprint density at radius 1 is 0.634 bits per heavy atom. The van der Waals surface area contributed by atoms with Crippen molar-refractivity contribution in [3.05, 3.63) is 59.7 Å². The van der Waals surface area contributed by atoms with E-state index >= 15 is 0 Å². The molecule has 5 N–H and O–H groups in total. The number of nitrogens with two attached hydrogens (primary N) is 1. The van der Waals surface area contributed by atoms with Crippen molar-refractivity contribution in [2.45, 2.75) is 58.1 Å². The molecule has 0 unspecified atom stereocenters. The summed E-state index contributed by atoms with van der Waals surface area (Å²) in [6.07, 6.45) is 10.6. The van der Waals surface area contributed by atoms with Crippen LogP contribution in [0, 0.1) is 0 Å². The van der Waals surface area contributed by atoms with Gasteiger partial charge in [0.05, 0.1) is 151 Å². The van der Waals surface area contributed by atoms with Gasteiger partial charge in [0, 0.05) is 73.7 Å². The number of hydroxylamine groups is 2. The Balaban J connectivity index is 0.754. The van der Waals surface area contributed by atoms with Gasteiger partial charge in [-0.2, -0.15) is 0 Å². The normalized spacial score (nSPS) is 14.0. The maximum Gasteiger partial charge on any atom is 0.407 e. The van der Waals surface area contributed by atoms with E-state index < -0.39 is 23.8 Å². The number of fused-ring (bicyclic) bond motifs is 1. The Labute approximate surface area is 478 Å². The molecule has 27 nitrogen and oxygen atoms in total. The van der Waals surface area contributed by atoms with Gasteiger partial charge in [-0.25, -0.2) is 24.8 Å². The number of carbonyl (C=O) groups is 6. The maximum atomic E-state index is 13.6. The van der Waals surface area contributed by atoms with Gasteiger partial charge in [0.1, 0.15) is 24.3 Å². The molecule has 27 heteroatoms. The number of nitrogens with zero attached hydrogens (tertiary/aromatic N) is 5. The number of nitrogens with one attached hydrogen (secondary N) is 3. The Bertz CT molecular complexity index is 2320. The van der Waals surface area contributed by atoms with Crippen molar-refractivity contribution in [1.82, 2.24) is 35.9 Å². The molecule has 1 saturated carbocycles. The van der Waals surface area contributed by atoms with Crippen LogP contribution in [0.5, 0.6) is 0 Å². The molecule has 0 spiro atoms. The smallest absolute Gasteiger partial charge is 0.407 e. The molecule has 1 aromatic carbocycles. The number of aliphatic imine (C=N–C) groups is 1. The van der Waals surface area contributed by atoms with Gasteiger partial charge in [0.25, 0.3) is 17.7 Å². The van der Waals surface area contributed by atoms with Gasteiger partial charge in [0.2, 0.25) is 11.8 Å². The van der Waals surface area contributed by atoms with E-state index in [1.165, 1.54) is 5.06 Å². The average molecular weight is 1160 g/mol. The minimum Gasteiger partial charge on any atom is -0.446 e. The van der Waals surface area contributed by atoms with Crippen LogP contribution in [0.25, 0.3) is 17.2 Å². The van der Waals surface area contributed by atoms with E-state index in [-0.39, 0.29) is 82.6 Å². The van der Waals surface area contributed by atoms with E-state index in [1.54, 1.807) is 18.5 Å². The standard InChI is InChI=1S/C55H81N9O18/c1-2-13-64(81-16-12-58-55(70)82-46-4-3-5-46)54(69)44-35-43-7-6-42(36-47(43)62-48(56)37-44)45-38-59-49(60-39-45)40-61-50(65)10-14-71-17-19-73-21-23-75-25-27-77-29-31-79-33-34-80-32-30-78-28-26-76-24-22-74-20-18-72-15-11-57-51(66)41-63-52(67)8-9-53(63)68/h6-9,35-36,38-39,46H,2-5,10-34,37,40-41H2,1H3,(H2,56,62)(H,57,66)(H,58,70)(H,61,65). The van der Waals surface area contributed by atoms with Crippen molar-refractivity contribution >= 4 is 53.2 Å². The van der Waals surface area contributed by atoms with Crippen molar-refractivity contribution < 1.29 is 85.7 Å². The number of imide groups is 1. The average Bonchev–Trinajstić information content (AvgIpc) is 3.72. The molecule has 3 aliphatic rings. The van der Waals surface area contributed by atoms with E-state index in [9.17, 15) is 28.8 Å². The number of hydrogen-bond donors (Lipinski definition) is 4. The van der Waals surface area contributed by atoms with Crippen molar-refractivity contribution in [3.8, 4) is 11.1 Å². The number of ether oxygens (including phenoxy) is 11. The molecule has 0 saturated heterocycles. The van der Waals surface area contributed by atoms with Crippen LogP contribution < -0.4 is 21.7 Å². The quantitative estimate of drug-likeness (QED) is 0.0415. The molecule has 82 heavy (non-hydrogen) atoms. The maximum absolute atomic E-state index is 13.6. The second kappa shape index (κ2) is 40.8. The van der Waals surface area contributed by atoms with Crippen molar-refractivity contribution in [1.29, 1.82) is 0 Å². The number of alkyl carbamates (subject to hydrolysis) is 1. The minimum atomic E-state index is -0.501. The Morgan fingerprint density at radius 2 is 1.15 bits per heavy atom. The van der Waals surface area contributed by atoms with E-state index in [2.05, 4.69) is 30.9 Å². The Kier molecular flexibility index (Phi) is 33.0. The third-order valence-corrected chi connectivity index (χ3v) is 11.9. The van der Waals surface area contributed by atoms with Gasteiger partial charge in [-0.15, -0.1) is 0 Å². The molecule has 0 radical (unpaired) electrons. The number of amidine groups is 1. The lowest BCUT2D eigenvalue weighted by Crippen LogP contribution is -2.41. The van der Waals surface area contributed by atoms with Crippen LogP contribution in [0.15, 0.2) is 53.3 Å². The second-order valence-corrected chi connectivity index (χ2v) is 18.3. The third kappa shape index (κ3) is 27.6. The van der Waals surface area contributed by atoms with Crippen LogP contribution in [0.1, 0.15) is 56.8 Å². The van der Waals surface area contributed by atoms with Gasteiger partial charge < -0.3 is 73.8 Å². The number of aromatic nitrogens is 2. The molecule has 2 aliphatic heterocycles. The van der Waals surface area contributed by atoms with Crippen molar-refractivity contribution in [3.63, 3.8) is 0 Å². The number of carbonyl (C=O) groups excluding carboxylic acids is 6. The summed E-state index contributed by atoms with van der Waals surface area (Å²) in [5, 5.41) is 9.36. The predicted molar refractivity (Wildman–Crippen MR) is 295 cm³/mol. The molecule has 0 bridgehead atoms. The minimum absolute atomic E-state index is 0.0230. The van der Waals surface area contributed by atoms with Crippen LogP contribution >= 0.6 is 0 Å². The number of amides is 6. The highest BCUT2D eigenvalue weighted by Gasteiger charge is 2.26. The highest BCUT2D eigenvalue weighted by Crippen LogP contribution is 2.32. The first-order chi connectivity index (χ1) is 40.1. The van der Waals surface area contributed by atoms with E-state index in [0.717, 1.165) is 47.4 Å². The molecule has 454 valence electrons. The summed E-state index contributed by atoms with van der Waals surface area (Å²) < 4.78 is 60.2. The van der Waals surface area contributed by atoms with Gasteiger partial charge in [-0.05, 0) is 43.4 Å². The van der Waals surface area contributed by atoms with Crippen LogP contribution in [-0.2, 0) is 87.5 Å². The molecule has 1 aromatic heterocycles. The second-order valence-electron chi connectivity index (χ2n) is 18.3. The lowest BCUT2D eigenvalue weighted by molar-refractivity contribution is -0.181. The van der Waals surface area contributed by atoms with Gasteiger partial charge in [-0.1, -0.05) is 19.1 Å².